The maximum Gasteiger partial charge on any atom is 0.242 e. The van der Waals surface area contributed by atoms with E-state index in [0.29, 0.717) is 6.54 Å². The monoisotopic (exact) mass is 354 g/mol. The van der Waals surface area contributed by atoms with Crippen LogP contribution >= 0.6 is 11.6 Å². The molecule has 5 nitrogen and oxygen atoms in total. The van der Waals surface area contributed by atoms with Crippen molar-refractivity contribution in [2.75, 3.05) is 13.7 Å². The highest BCUT2D eigenvalue weighted by atomic mass is 35.5. The number of sulfonamides is 1. The van der Waals surface area contributed by atoms with E-state index in [9.17, 15) is 8.42 Å². The summed E-state index contributed by atoms with van der Waals surface area (Å²) in [6, 6.07) is 10.8. The van der Waals surface area contributed by atoms with Crippen LogP contribution in [0.1, 0.15) is 18.4 Å². The van der Waals surface area contributed by atoms with Crippen molar-refractivity contribution >= 4 is 21.6 Å². The summed E-state index contributed by atoms with van der Waals surface area (Å²) in [7, 11) is -1.88. The first kappa shape index (κ1) is 17.7. The summed E-state index contributed by atoms with van der Waals surface area (Å²) in [5.41, 5.74) is 1.20. The van der Waals surface area contributed by atoms with Crippen LogP contribution in [0.5, 0.6) is 5.75 Å². The van der Waals surface area contributed by atoms with Crippen LogP contribution in [0.25, 0.3) is 0 Å². The average molecular weight is 355 g/mol. The second kappa shape index (κ2) is 8.29. The highest BCUT2D eigenvalue weighted by Crippen LogP contribution is 2.13. The molecule has 0 atom stereocenters. The van der Waals surface area contributed by atoms with E-state index in [4.69, 9.17) is 16.3 Å². The summed E-state index contributed by atoms with van der Waals surface area (Å²) in [5, 5.41) is 0.267. The first-order chi connectivity index (χ1) is 11.0. The van der Waals surface area contributed by atoms with Crippen LogP contribution in [0.2, 0.25) is 5.15 Å². The minimum Gasteiger partial charge on any atom is -0.497 e. The first-order valence-electron chi connectivity index (χ1n) is 7.25. The van der Waals surface area contributed by atoms with Gasteiger partial charge in [0.25, 0.3) is 0 Å². The van der Waals surface area contributed by atoms with Gasteiger partial charge in [0.2, 0.25) is 10.0 Å². The van der Waals surface area contributed by atoms with Crippen molar-refractivity contribution in [3.8, 4) is 5.75 Å². The molecule has 0 unspecified atom stereocenters. The molecule has 0 spiro atoms. The molecule has 1 aromatic carbocycles. The molecule has 0 aliphatic heterocycles. The Bertz CT molecular complexity index is 716. The highest BCUT2D eigenvalue weighted by molar-refractivity contribution is 7.89. The van der Waals surface area contributed by atoms with Gasteiger partial charge in [0.15, 0.2) is 0 Å². The fraction of sp³-hybridized carbons (Fsp3) is 0.312. The van der Waals surface area contributed by atoms with Crippen molar-refractivity contribution in [1.29, 1.82) is 0 Å². The Morgan fingerprint density at radius 3 is 2.48 bits per heavy atom. The van der Waals surface area contributed by atoms with Gasteiger partial charge in [-0.1, -0.05) is 23.7 Å². The van der Waals surface area contributed by atoms with E-state index < -0.39 is 10.0 Å². The molecule has 0 radical (unpaired) electrons. The van der Waals surface area contributed by atoms with E-state index in [2.05, 4.69) is 9.71 Å². The third-order valence-corrected chi connectivity index (χ3v) is 5.02. The zero-order valence-electron chi connectivity index (χ0n) is 12.8. The van der Waals surface area contributed by atoms with E-state index in [0.717, 1.165) is 25.0 Å². The SMILES string of the molecule is COc1ccc(CCCCNS(=O)(=O)c2ccc(Cl)nc2)cc1. The van der Waals surface area contributed by atoms with Crippen LogP contribution in [-0.4, -0.2) is 27.1 Å². The number of rotatable bonds is 8. The van der Waals surface area contributed by atoms with Gasteiger partial charge in [-0.05, 0) is 49.1 Å². The predicted octanol–water partition coefficient (Wildman–Crippen LogP) is 3.04. The molecule has 1 aromatic heterocycles. The summed E-state index contributed by atoms with van der Waals surface area (Å²) >= 11 is 5.65. The van der Waals surface area contributed by atoms with E-state index in [-0.39, 0.29) is 10.0 Å². The molecule has 0 saturated heterocycles. The molecule has 0 fully saturated rings. The van der Waals surface area contributed by atoms with Gasteiger partial charge in [0.1, 0.15) is 15.8 Å². The molecular weight excluding hydrogens is 336 g/mol. The second-order valence-corrected chi connectivity index (χ2v) is 7.17. The van der Waals surface area contributed by atoms with Crippen LogP contribution < -0.4 is 9.46 Å². The van der Waals surface area contributed by atoms with Gasteiger partial charge in [-0.2, -0.15) is 0 Å². The summed E-state index contributed by atoms with van der Waals surface area (Å²) in [6.07, 6.45) is 3.80. The number of benzene rings is 1. The van der Waals surface area contributed by atoms with Crippen molar-refractivity contribution in [3.05, 3.63) is 53.3 Å². The maximum atomic E-state index is 12.0. The summed E-state index contributed by atoms with van der Waals surface area (Å²) in [4.78, 5) is 3.90. The average Bonchev–Trinajstić information content (AvgIpc) is 2.55. The standard InChI is InChI=1S/C16H19ClN2O3S/c1-22-14-7-5-13(6-8-14)4-2-3-11-19-23(20,21)15-9-10-16(17)18-12-15/h5-10,12,19H,2-4,11H2,1H3. The largest absolute Gasteiger partial charge is 0.497 e. The fourth-order valence-electron chi connectivity index (χ4n) is 2.06. The number of ether oxygens (including phenoxy) is 1. The molecule has 7 heteroatoms. The number of pyridine rings is 1. The van der Waals surface area contributed by atoms with Crippen molar-refractivity contribution in [2.45, 2.75) is 24.2 Å². The smallest absolute Gasteiger partial charge is 0.242 e. The van der Waals surface area contributed by atoms with Crippen LogP contribution in [0, 0.1) is 0 Å². The molecule has 0 bridgehead atoms. The lowest BCUT2D eigenvalue weighted by Gasteiger charge is -2.07. The lowest BCUT2D eigenvalue weighted by Crippen LogP contribution is -2.25. The molecule has 0 amide bonds. The molecule has 23 heavy (non-hydrogen) atoms. The van der Waals surface area contributed by atoms with Gasteiger partial charge in [-0.25, -0.2) is 18.1 Å². The van der Waals surface area contributed by atoms with Crippen LogP contribution in [-0.2, 0) is 16.4 Å². The summed E-state index contributed by atoms with van der Waals surface area (Å²) in [5.74, 6) is 0.832. The van der Waals surface area contributed by atoms with E-state index in [1.165, 1.54) is 23.9 Å². The zero-order valence-corrected chi connectivity index (χ0v) is 14.4. The molecule has 124 valence electrons. The normalized spacial score (nSPS) is 11.4. The van der Waals surface area contributed by atoms with E-state index in [1.807, 2.05) is 24.3 Å². The van der Waals surface area contributed by atoms with Gasteiger partial charge < -0.3 is 4.74 Å². The van der Waals surface area contributed by atoms with Gasteiger partial charge in [-0.15, -0.1) is 0 Å². The van der Waals surface area contributed by atoms with Crippen molar-refractivity contribution < 1.29 is 13.2 Å². The van der Waals surface area contributed by atoms with E-state index >= 15 is 0 Å². The molecule has 1 N–H and O–H groups in total. The zero-order chi connectivity index (χ0) is 16.7. The third kappa shape index (κ3) is 5.49. The van der Waals surface area contributed by atoms with Gasteiger partial charge >= 0.3 is 0 Å². The lowest BCUT2D eigenvalue weighted by molar-refractivity contribution is 0.414. The number of methoxy groups -OCH3 is 1. The van der Waals surface area contributed by atoms with Gasteiger partial charge in [0, 0.05) is 12.7 Å². The van der Waals surface area contributed by atoms with Gasteiger partial charge in [0.05, 0.1) is 7.11 Å². The Morgan fingerprint density at radius 2 is 1.87 bits per heavy atom. The Hall–Kier alpha value is -1.63. The minimum atomic E-state index is -3.52. The maximum absolute atomic E-state index is 12.0. The number of aromatic nitrogens is 1. The van der Waals surface area contributed by atoms with Crippen LogP contribution in [0.15, 0.2) is 47.5 Å². The number of nitrogens with one attached hydrogen (secondary N) is 1. The Labute approximate surface area is 141 Å². The molecule has 2 aromatic rings. The number of hydrogen-bond donors (Lipinski definition) is 1. The predicted molar refractivity (Wildman–Crippen MR) is 90.4 cm³/mol. The first-order valence-corrected chi connectivity index (χ1v) is 9.11. The quantitative estimate of drug-likeness (QED) is 0.584. The topological polar surface area (TPSA) is 68.3 Å². The number of halogens is 1. The molecule has 0 aliphatic carbocycles. The Balaban J connectivity index is 1.75. The molecule has 1 heterocycles. The number of nitrogens with zero attached hydrogens (tertiary/aromatic N) is 1. The van der Waals surface area contributed by atoms with Crippen LogP contribution in [0.3, 0.4) is 0 Å². The van der Waals surface area contributed by atoms with Crippen molar-refractivity contribution in [1.82, 2.24) is 9.71 Å². The summed E-state index contributed by atoms with van der Waals surface area (Å²) in [6.45, 7) is 0.390. The second-order valence-electron chi connectivity index (χ2n) is 5.02. The molecular formula is C16H19ClN2O3S. The third-order valence-electron chi connectivity index (χ3n) is 3.35. The van der Waals surface area contributed by atoms with Gasteiger partial charge in [-0.3, -0.25) is 0 Å². The molecule has 0 aliphatic rings. The number of hydrogen-bond acceptors (Lipinski definition) is 4. The molecule has 0 saturated carbocycles. The molecule has 2 rings (SSSR count). The summed E-state index contributed by atoms with van der Waals surface area (Å²) < 4.78 is 31.8. The number of aryl methyl sites for hydroxylation is 1. The Morgan fingerprint density at radius 1 is 1.13 bits per heavy atom. The Kier molecular flexibility index (Phi) is 6.38. The fourth-order valence-corrected chi connectivity index (χ4v) is 3.19. The van der Waals surface area contributed by atoms with E-state index in [1.54, 1.807) is 7.11 Å². The van der Waals surface area contributed by atoms with Crippen molar-refractivity contribution in [3.63, 3.8) is 0 Å². The minimum absolute atomic E-state index is 0.122. The highest BCUT2D eigenvalue weighted by Gasteiger charge is 2.13. The van der Waals surface area contributed by atoms with Crippen LogP contribution in [0.4, 0.5) is 0 Å². The lowest BCUT2D eigenvalue weighted by atomic mass is 10.1. The number of unbranched alkanes of at least 4 members (excludes halogenated alkanes) is 1. The van der Waals surface area contributed by atoms with Crippen molar-refractivity contribution in [2.24, 2.45) is 0 Å².